The maximum atomic E-state index is 5.66. The second-order valence-electron chi connectivity index (χ2n) is 7.03. The SMILES string of the molecule is Cc1nc(N2CC(C)OCC2C)ncc1CNC(C)(C)C. The van der Waals surface area contributed by atoms with Crippen molar-refractivity contribution >= 4 is 5.95 Å². The van der Waals surface area contributed by atoms with Crippen LogP contribution in [0.1, 0.15) is 45.9 Å². The summed E-state index contributed by atoms with van der Waals surface area (Å²) < 4.78 is 5.66. The number of nitrogens with one attached hydrogen (secondary N) is 1. The van der Waals surface area contributed by atoms with E-state index in [4.69, 9.17) is 9.72 Å². The summed E-state index contributed by atoms with van der Waals surface area (Å²) in [5.41, 5.74) is 2.30. The summed E-state index contributed by atoms with van der Waals surface area (Å²) in [5, 5.41) is 3.48. The molecule has 0 bridgehead atoms. The molecule has 2 atom stereocenters. The van der Waals surface area contributed by atoms with Gasteiger partial charge in [0, 0.05) is 36.1 Å². The first-order valence-electron chi connectivity index (χ1n) is 7.72. The van der Waals surface area contributed by atoms with Crippen molar-refractivity contribution < 1.29 is 4.74 Å². The lowest BCUT2D eigenvalue weighted by molar-refractivity contribution is 0.0336. The van der Waals surface area contributed by atoms with Crippen LogP contribution in [0.2, 0.25) is 0 Å². The third-order valence-electron chi connectivity index (χ3n) is 3.74. The van der Waals surface area contributed by atoms with Crippen LogP contribution in [-0.2, 0) is 11.3 Å². The Morgan fingerprint density at radius 3 is 2.71 bits per heavy atom. The fourth-order valence-corrected chi connectivity index (χ4v) is 2.33. The van der Waals surface area contributed by atoms with Crippen LogP contribution in [0.15, 0.2) is 6.20 Å². The Morgan fingerprint density at radius 1 is 1.38 bits per heavy atom. The minimum Gasteiger partial charge on any atom is -0.375 e. The van der Waals surface area contributed by atoms with Crippen molar-refractivity contribution in [3.63, 3.8) is 0 Å². The fraction of sp³-hybridized carbons (Fsp3) is 0.750. The summed E-state index contributed by atoms with van der Waals surface area (Å²) in [6, 6.07) is 0.319. The third-order valence-corrected chi connectivity index (χ3v) is 3.74. The lowest BCUT2D eigenvalue weighted by Gasteiger charge is -2.37. The molecule has 1 aliphatic rings. The highest BCUT2D eigenvalue weighted by Gasteiger charge is 2.25. The van der Waals surface area contributed by atoms with Crippen molar-refractivity contribution in [1.29, 1.82) is 0 Å². The molecular weight excluding hydrogens is 264 g/mol. The molecule has 2 rings (SSSR count). The first kappa shape index (κ1) is 16.2. The lowest BCUT2D eigenvalue weighted by Crippen LogP contribution is -2.48. The van der Waals surface area contributed by atoms with Crippen LogP contribution < -0.4 is 10.2 Å². The molecule has 5 heteroatoms. The second-order valence-corrected chi connectivity index (χ2v) is 7.03. The number of aromatic nitrogens is 2. The fourth-order valence-electron chi connectivity index (χ4n) is 2.33. The Bertz CT molecular complexity index is 484. The molecule has 0 aromatic carbocycles. The first-order chi connectivity index (χ1) is 9.76. The number of hydrogen-bond donors (Lipinski definition) is 1. The third kappa shape index (κ3) is 4.38. The van der Waals surface area contributed by atoms with Crippen molar-refractivity contribution in [2.24, 2.45) is 0 Å². The Kier molecular flexibility index (Phi) is 4.84. The minimum absolute atomic E-state index is 0.0965. The van der Waals surface area contributed by atoms with E-state index in [9.17, 15) is 0 Å². The van der Waals surface area contributed by atoms with Gasteiger partial charge in [0.15, 0.2) is 0 Å². The quantitative estimate of drug-likeness (QED) is 0.926. The van der Waals surface area contributed by atoms with Gasteiger partial charge in [-0.3, -0.25) is 0 Å². The zero-order valence-electron chi connectivity index (χ0n) is 14.1. The topological polar surface area (TPSA) is 50.3 Å². The predicted octanol–water partition coefficient (Wildman–Crippen LogP) is 2.29. The highest BCUT2D eigenvalue weighted by atomic mass is 16.5. The monoisotopic (exact) mass is 292 g/mol. The number of nitrogens with zero attached hydrogens (tertiary/aromatic N) is 3. The van der Waals surface area contributed by atoms with Crippen molar-refractivity contribution in [3.05, 3.63) is 17.5 Å². The van der Waals surface area contributed by atoms with Gasteiger partial charge in [-0.15, -0.1) is 0 Å². The molecule has 0 aliphatic carbocycles. The van der Waals surface area contributed by atoms with E-state index in [2.05, 4.69) is 56.7 Å². The Hall–Kier alpha value is -1.20. The largest absolute Gasteiger partial charge is 0.375 e. The predicted molar refractivity (Wildman–Crippen MR) is 85.6 cm³/mol. The lowest BCUT2D eigenvalue weighted by atomic mass is 10.1. The number of morpholine rings is 1. The Balaban J connectivity index is 2.11. The van der Waals surface area contributed by atoms with E-state index < -0.39 is 0 Å². The molecule has 1 N–H and O–H groups in total. The van der Waals surface area contributed by atoms with Gasteiger partial charge in [-0.25, -0.2) is 9.97 Å². The van der Waals surface area contributed by atoms with Crippen LogP contribution in [0, 0.1) is 6.92 Å². The van der Waals surface area contributed by atoms with Gasteiger partial charge in [0.1, 0.15) is 0 Å². The highest BCUT2D eigenvalue weighted by molar-refractivity contribution is 5.35. The molecule has 21 heavy (non-hydrogen) atoms. The van der Waals surface area contributed by atoms with E-state index in [1.165, 1.54) is 0 Å². The summed E-state index contributed by atoms with van der Waals surface area (Å²) in [7, 11) is 0. The first-order valence-corrected chi connectivity index (χ1v) is 7.72. The van der Waals surface area contributed by atoms with E-state index in [0.717, 1.165) is 36.9 Å². The number of rotatable bonds is 3. The molecule has 118 valence electrons. The van der Waals surface area contributed by atoms with Gasteiger partial charge >= 0.3 is 0 Å². The van der Waals surface area contributed by atoms with E-state index in [0.29, 0.717) is 6.04 Å². The summed E-state index contributed by atoms with van der Waals surface area (Å²) in [6.45, 7) is 15.2. The van der Waals surface area contributed by atoms with Crippen molar-refractivity contribution in [2.75, 3.05) is 18.1 Å². The van der Waals surface area contributed by atoms with Crippen molar-refractivity contribution in [1.82, 2.24) is 15.3 Å². The van der Waals surface area contributed by atoms with Crippen LogP contribution >= 0.6 is 0 Å². The van der Waals surface area contributed by atoms with Crippen LogP contribution in [0.3, 0.4) is 0 Å². The van der Waals surface area contributed by atoms with E-state index >= 15 is 0 Å². The van der Waals surface area contributed by atoms with E-state index in [1.807, 2.05) is 6.20 Å². The van der Waals surface area contributed by atoms with Gasteiger partial charge in [-0.05, 0) is 41.5 Å². The smallest absolute Gasteiger partial charge is 0.225 e. The summed E-state index contributed by atoms with van der Waals surface area (Å²) in [4.78, 5) is 11.5. The molecule has 0 amide bonds. The molecule has 1 saturated heterocycles. The summed E-state index contributed by atoms with van der Waals surface area (Å²) in [6.07, 6.45) is 2.18. The molecule has 1 fully saturated rings. The van der Waals surface area contributed by atoms with Crippen molar-refractivity contribution in [2.45, 2.75) is 65.8 Å². The standard InChI is InChI=1S/C16H28N4O/c1-11-10-21-12(2)9-20(11)15-17-7-14(13(3)19-15)8-18-16(4,5)6/h7,11-12,18H,8-10H2,1-6H3. The van der Waals surface area contributed by atoms with Gasteiger partial charge in [-0.2, -0.15) is 0 Å². The summed E-state index contributed by atoms with van der Waals surface area (Å²) in [5.74, 6) is 0.814. The molecule has 1 aliphatic heterocycles. The van der Waals surface area contributed by atoms with E-state index in [1.54, 1.807) is 0 Å². The molecule has 1 aromatic rings. The van der Waals surface area contributed by atoms with Gasteiger partial charge in [0.25, 0.3) is 0 Å². The van der Waals surface area contributed by atoms with Crippen LogP contribution in [0.5, 0.6) is 0 Å². The molecule has 0 radical (unpaired) electrons. The Morgan fingerprint density at radius 2 is 2.10 bits per heavy atom. The molecule has 1 aromatic heterocycles. The maximum Gasteiger partial charge on any atom is 0.225 e. The van der Waals surface area contributed by atoms with Crippen LogP contribution in [0.25, 0.3) is 0 Å². The minimum atomic E-state index is 0.0965. The average molecular weight is 292 g/mol. The molecule has 2 heterocycles. The number of ether oxygens (including phenoxy) is 1. The number of hydrogen-bond acceptors (Lipinski definition) is 5. The zero-order valence-corrected chi connectivity index (χ0v) is 14.1. The van der Waals surface area contributed by atoms with Gasteiger partial charge in [0.2, 0.25) is 5.95 Å². The molecule has 0 spiro atoms. The molecule has 0 saturated carbocycles. The van der Waals surface area contributed by atoms with E-state index in [-0.39, 0.29) is 11.6 Å². The zero-order chi connectivity index (χ0) is 15.6. The number of aryl methyl sites for hydroxylation is 1. The highest BCUT2D eigenvalue weighted by Crippen LogP contribution is 2.19. The average Bonchev–Trinajstić information content (AvgIpc) is 2.39. The normalized spacial score (nSPS) is 23.4. The van der Waals surface area contributed by atoms with Gasteiger partial charge < -0.3 is 15.0 Å². The Labute approximate surface area is 128 Å². The summed E-state index contributed by atoms with van der Waals surface area (Å²) >= 11 is 0. The number of anilines is 1. The van der Waals surface area contributed by atoms with Crippen LogP contribution in [0.4, 0.5) is 5.95 Å². The molecular formula is C16H28N4O. The van der Waals surface area contributed by atoms with Gasteiger partial charge in [0.05, 0.1) is 18.8 Å². The van der Waals surface area contributed by atoms with Crippen LogP contribution in [-0.4, -0.2) is 40.8 Å². The second kappa shape index (κ2) is 6.28. The van der Waals surface area contributed by atoms with Gasteiger partial charge in [-0.1, -0.05) is 0 Å². The maximum absolute atomic E-state index is 5.66. The molecule has 5 nitrogen and oxygen atoms in total. The molecule has 2 unspecified atom stereocenters. The van der Waals surface area contributed by atoms with Crippen molar-refractivity contribution in [3.8, 4) is 0 Å².